The van der Waals surface area contributed by atoms with E-state index in [2.05, 4.69) is 5.16 Å². The molecule has 0 saturated carbocycles. The lowest BCUT2D eigenvalue weighted by Crippen LogP contribution is -2.50. The highest BCUT2D eigenvalue weighted by atomic mass is 35.5. The number of carbonyl (C=O) groups excluding carboxylic acids is 2. The normalized spacial score (nSPS) is 14.3. The molecule has 7 nitrogen and oxygen atoms in total. The van der Waals surface area contributed by atoms with Gasteiger partial charge in [-0.3, -0.25) is 9.59 Å². The van der Waals surface area contributed by atoms with E-state index in [4.69, 9.17) is 16.1 Å². The van der Waals surface area contributed by atoms with Gasteiger partial charge < -0.3 is 18.9 Å². The molecule has 0 spiro atoms. The fourth-order valence-corrected chi connectivity index (χ4v) is 4.08. The maximum Gasteiger partial charge on any atom is 0.292 e. The van der Waals surface area contributed by atoms with Crippen LogP contribution in [-0.2, 0) is 0 Å². The summed E-state index contributed by atoms with van der Waals surface area (Å²) < 4.78 is 7.10. The molecule has 2 amide bonds. The van der Waals surface area contributed by atoms with Gasteiger partial charge in [0.1, 0.15) is 0 Å². The van der Waals surface area contributed by atoms with Crippen molar-refractivity contribution >= 4 is 23.4 Å². The van der Waals surface area contributed by atoms with E-state index in [1.807, 2.05) is 48.7 Å². The van der Waals surface area contributed by atoms with Gasteiger partial charge in [0.2, 0.25) is 5.76 Å². The van der Waals surface area contributed by atoms with Gasteiger partial charge in [-0.05, 0) is 45.0 Å². The van der Waals surface area contributed by atoms with E-state index >= 15 is 0 Å². The molecule has 3 heterocycles. The summed E-state index contributed by atoms with van der Waals surface area (Å²) in [6.07, 6.45) is 0. The van der Waals surface area contributed by atoms with Gasteiger partial charge in [-0.15, -0.1) is 0 Å². The quantitative estimate of drug-likeness (QED) is 0.641. The summed E-state index contributed by atoms with van der Waals surface area (Å²) in [7, 11) is 0. The second-order valence-electron chi connectivity index (χ2n) is 7.52. The Morgan fingerprint density at radius 3 is 2.23 bits per heavy atom. The van der Waals surface area contributed by atoms with E-state index in [0.717, 1.165) is 17.1 Å². The summed E-state index contributed by atoms with van der Waals surface area (Å²) >= 11 is 6.14. The number of halogens is 1. The highest BCUT2D eigenvalue weighted by Crippen LogP contribution is 2.24. The maximum absolute atomic E-state index is 13.2. The first-order chi connectivity index (χ1) is 14.3. The first-order valence-electron chi connectivity index (χ1n) is 9.82. The van der Waals surface area contributed by atoms with Crippen LogP contribution >= 0.6 is 11.6 Å². The van der Waals surface area contributed by atoms with E-state index < -0.39 is 0 Å². The van der Waals surface area contributed by atoms with E-state index in [-0.39, 0.29) is 17.6 Å². The minimum Gasteiger partial charge on any atom is -0.351 e. The summed E-state index contributed by atoms with van der Waals surface area (Å²) in [4.78, 5) is 29.2. The predicted octanol–water partition coefficient (Wildman–Crippen LogP) is 3.64. The Hall–Kier alpha value is -3.06. The van der Waals surface area contributed by atoms with Crippen LogP contribution in [0.5, 0.6) is 0 Å². The van der Waals surface area contributed by atoms with Gasteiger partial charge >= 0.3 is 0 Å². The number of benzene rings is 1. The Labute approximate surface area is 179 Å². The maximum atomic E-state index is 13.2. The summed E-state index contributed by atoms with van der Waals surface area (Å²) in [5, 5.41) is 4.42. The van der Waals surface area contributed by atoms with Gasteiger partial charge in [0.25, 0.3) is 11.8 Å². The Bertz CT molecular complexity index is 1110. The molecular weight excluding hydrogens is 404 g/mol. The molecule has 0 bridgehead atoms. The smallest absolute Gasteiger partial charge is 0.292 e. The van der Waals surface area contributed by atoms with Crippen molar-refractivity contribution in [3.05, 3.63) is 69.8 Å². The number of aryl methyl sites for hydroxylation is 2. The van der Waals surface area contributed by atoms with Gasteiger partial charge in [-0.25, -0.2) is 0 Å². The van der Waals surface area contributed by atoms with E-state index in [1.165, 1.54) is 0 Å². The molecule has 1 saturated heterocycles. The number of carbonyl (C=O) groups is 2. The Morgan fingerprint density at radius 2 is 1.63 bits per heavy atom. The molecule has 3 aromatic rings. The molecule has 0 aliphatic carbocycles. The molecule has 156 valence electrons. The molecule has 0 N–H and O–H groups in total. The summed E-state index contributed by atoms with van der Waals surface area (Å²) in [6, 6.07) is 11.1. The molecule has 0 radical (unpaired) electrons. The van der Waals surface area contributed by atoms with Gasteiger partial charge in [0, 0.05) is 54.3 Å². The van der Waals surface area contributed by atoms with Crippen molar-refractivity contribution in [3.63, 3.8) is 0 Å². The van der Waals surface area contributed by atoms with E-state index in [9.17, 15) is 9.59 Å². The van der Waals surface area contributed by atoms with Crippen LogP contribution in [0.15, 0.2) is 40.9 Å². The monoisotopic (exact) mass is 426 g/mol. The first-order valence-corrected chi connectivity index (χ1v) is 10.2. The second kappa shape index (κ2) is 7.99. The molecule has 8 heteroatoms. The highest BCUT2D eigenvalue weighted by molar-refractivity contribution is 6.30. The zero-order valence-electron chi connectivity index (χ0n) is 17.2. The number of rotatable bonds is 3. The third-order valence-electron chi connectivity index (χ3n) is 5.42. The molecule has 4 rings (SSSR count). The average molecular weight is 427 g/mol. The van der Waals surface area contributed by atoms with E-state index in [0.29, 0.717) is 42.5 Å². The van der Waals surface area contributed by atoms with Gasteiger partial charge in [0.15, 0.2) is 0 Å². The molecule has 1 aliphatic heterocycles. The predicted molar refractivity (Wildman–Crippen MR) is 113 cm³/mol. The van der Waals surface area contributed by atoms with Crippen LogP contribution in [0.1, 0.15) is 38.0 Å². The summed E-state index contributed by atoms with van der Waals surface area (Å²) in [5.74, 6) is 0.0122. The molecule has 1 aromatic carbocycles. The van der Waals surface area contributed by atoms with Crippen LogP contribution in [0, 0.1) is 20.8 Å². The van der Waals surface area contributed by atoms with Gasteiger partial charge in [-0.1, -0.05) is 22.8 Å². The van der Waals surface area contributed by atoms with Crippen LogP contribution < -0.4 is 0 Å². The van der Waals surface area contributed by atoms with Gasteiger partial charge in [0.05, 0.1) is 11.3 Å². The molecule has 1 aliphatic rings. The third kappa shape index (κ3) is 3.73. The van der Waals surface area contributed by atoms with Crippen LogP contribution in [0.2, 0.25) is 5.02 Å². The minimum atomic E-state index is -0.193. The van der Waals surface area contributed by atoms with Gasteiger partial charge in [-0.2, -0.15) is 0 Å². The highest BCUT2D eigenvalue weighted by Gasteiger charge is 2.29. The third-order valence-corrected chi connectivity index (χ3v) is 5.66. The van der Waals surface area contributed by atoms with Crippen LogP contribution in [0.3, 0.4) is 0 Å². The molecule has 0 unspecified atom stereocenters. The molecule has 30 heavy (non-hydrogen) atoms. The van der Waals surface area contributed by atoms with Crippen molar-refractivity contribution in [1.29, 1.82) is 0 Å². The van der Waals surface area contributed by atoms with Crippen molar-refractivity contribution in [2.45, 2.75) is 20.8 Å². The SMILES string of the molecule is Cc1cc(C(=O)N2CCN(C(=O)c3cc(C)n(-c4cccc(Cl)c4)c3C)CC2)on1. The number of aromatic nitrogens is 2. The molecule has 1 fully saturated rings. The lowest BCUT2D eigenvalue weighted by Gasteiger charge is -2.34. The largest absolute Gasteiger partial charge is 0.351 e. The van der Waals surface area contributed by atoms with Crippen molar-refractivity contribution in [2.75, 3.05) is 26.2 Å². The topological polar surface area (TPSA) is 71.6 Å². The summed E-state index contributed by atoms with van der Waals surface area (Å²) in [6.45, 7) is 7.54. The van der Waals surface area contributed by atoms with Crippen molar-refractivity contribution in [3.8, 4) is 5.69 Å². The number of nitrogens with zero attached hydrogens (tertiary/aromatic N) is 4. The van der Waals surface area contributed by atoms with Crippen molar-refractivity contribution in [1.82, 2.24) is 19.5 Å². The van der Waals surface area contributed by atoms with Crippen LogP contribution in [-0.4, -0.2) is 57.5 Å². The zero-order chi connectivity index (χ0) is 21.4. The average Bonchev–Trinajstić information content (AvgIpc) is 3.29. The van der Waals surface area contributed by atoms with Crippen LogP contribution in [0.4, 0.5) is 0 Å². The van der Waals surface area contributed by atoms with E-state index in [1.54, 1.807) is 22.8 Å². The molecule has 0 atom stereocenters. The van der Waals surface area contributed by atoms with Crippen molar-refractivity contribution < 1.29 is 14.1 Å². The number of piperazine rings is 1. The lowest BCUT2D eigenvalue weighted by atomic mass is 10.2. The fraction of sp³-hybridized carbons (Fsp3) is 0.318. The number of amides is 2. The zero-order valence-corrected chi connectivity index (χ0v) is 17.9. The van der Waals surface area contributed by atoms with Crippen LogP contribution in [0.25, 0.3) is 5.69 Å². The Morgan fingerprint density at radius 1 is 0.967 bits per heavy atom. The minimum absolute atomic E-state index is 0.0287. The number of hydrogen-bond donors (Lipinski definition) is 0. The lowest BCUT2D eigenvalue weighted by molar-refractivity contribution is 0.0512. The molecular formula is C22H23ClN4O3. The Balaban J connectivity index is 1.48. The second-order valence-corrected chi connectivity index (χ2v) is 7.95. The first kappa shape index (κ1) is 20.2. The summed E-state index contributed by atoms with van der Waals surface area (Å²) in [5.41, 5.74) is 4.10. The molecule has 2 aromatic heterocycles. The fourth-order valence-electron chi connectivity index (χ4n) is 3.90. The standard InChI is InChI=1S/C22H23ClN4O3/c1-14-11-20(30-24-14)22(29)26-9-7-25(8-10-26)21(28)19-12-15(2)27(16(19)3)18-6-4-5-17(23)13-18/h4-6,11-13H,7-10H2,1-3H3. The van der Waals surface area contributed by atoms with Crippen molar-refractivity contribution in [2.24, 2.45) is 0 Å². The Kier molecular flexibility index (Phi) is 5.39. The number of hydrogen-bond acceptors (Lipinski definition) is 4.